The van der Waals surface area contributed by atoms with Gasteiger partial charge in [0.15, 0.2) is 0 Å². The summed E-state index contributed by atoms with van der Waals surface area (Å²) in [6.45, 7) is 10.9. The Labute approximate surface area is 138 Å². The molecule has 2 rings (SSSR count). The van der Waals surface area contributed by atoms with E-state index in [0.717, 1.165) is 30.9 Å². The second-order valence-corrected chi connectivity index (χ2v) is 6.32. The zero-order valence-electron chi connectivity index (χ0n) is 13.7. The fraction of sp³-hybridized carbons (Fsp3) is 0.647. The standard InChI is InChI=1S/C17H26ClNO3/c1-13-4-5-16(18)17(10-13)21-9-8-20-7-6-19-11-14(2)22-15(3)12-19/h4-5,10,14-15H,6-9,11-12H2,1-3H3. The quantitative estimate of drug-likeness (QED) is 0.720. The number of hydrogen-bond acceptors (Lipinski definition) is 4. The number of benzene rings is 1. The Kier molecular flexibility index (Phi) is 6.96. The smallest absolute Gasteiger partial charge is 0.138 e. The summed E-state index contributed by atoms with van der Waals surface area (Å²) in [5.41, 5.74) is 1.14. The van der Waals surface area contributed by atoms with Crippen molar-refractivity contribution in [3.8, 4) is 5.75 Å². The van der Waals surface area contributed by atoms with Gasteiger partial charge in [-0.25, -0.2) is 0 Å². The first-order valence-corrected chi connectivity index (χ1v) is 8.27. The Morgan fingerprint density at radius 3 is 2.64 bits per heavy atom. The van der Waals surface area contributed by atoms with Crippen LogP contribution in [0.1, 0.15) is 19.4 Å². The Morgan fingerprint density at radius 1 is 1.18 bits per heavy atom. The van der Waals surface area contributed by atoms with Crippen LogP contribution in [0.25, 0.3) is 0 Å². The van der Waals surface area contributed by atoms with E-state index in [4.69, 9.17) is 25.8 Å². The van der Waals surface area contributed by atoms with Gasteiger partial charge in [0, 0.05) is 19.6 Å². The van der Waals surface area contributed by atoms with Crippen molar-refractivity contribution < 1.29 is 14.2 Å². The number of hydrogen-bond donors (Lipinski definition) is 0. The first-order chi connectivity index (χ1) is 10.5. The van der Waals surface area contributed by atoms with Crippen molar-refractivity contribution in [3.05, 3.63) is 28.8 Å². The minimum atomic E-state index is 0.301. The lowest BCUT2D eigenvalue weighted by Gasteiger charge is -2.35. The average Bonchev–Trinajstić information content (AvgIpc) is 2.45. The summed E-state index contributed by atoms with van der Waals surface area (Å²) < 4.78 is 17.0. The van der Waals surface area contributed by atoms with Gasteiger partial charge in [0.2, 0.25) is 0 Å². The maximum absolute atomic E-state index is 6.08. The highest BCUT2D eigenvalue weighted by molar-refractivity contribution is 6.32. The molecule has 0 spiro atoms. The SMILES string of the molecule is Cc1ccc(Cl)c(OCCOCCN2CC(C)OC(C)C2)c1. The van der Waals surface area contributed by atoms with E-state index < -0.39 is 0 Å². The highest BCUT2D eigenvalue weighted by Gasteiger charge is 2.21. The first kappa shape index (κ1) is 17.5. The molecule has 1 fully saturated rings. The van der Waals surface area contributed by atoms with E-state index >= 15 is 0 Å². The fourth-order valence-corrected chi connectivity index (χ4v) is 2.87. The van der Waals surface area contributed by atoms with Gasteiger partial charge in [0.05, 0.1) is 30.4 Å². The van der Waals surface area contributed by atoms with Crippen LogP contribution in [0.2, 0.25) is 5.02 Å². The zero-order valence-corrected chi connectivity index (χ0v) is 14.4. The molecule has 1 heterocycles. The molecule has 0 aromatic heterocycles. The van der Waals surface area contributed by atoms with Crippen LogP contribution in [0.5, 0.6) is 5.75 Å². The van der Waals surface area contributed by atoms with Gasteiger partial charge in [0.25, 0.3) is 0 Å². The Bertz CT molecular complexity index is 459. The topological polar surface area (TPSA) is 30.9 Å². The van der Waals surface area contributed by atoms with Gasteiger partial charge in [-0.2, -0.15) is 0 Å². The molecule has 0 aliphatic carbocycles. The number of halogens is 1. The lowest BCUT2D eigenvalue weighted by molar-refractivity contribution is -0.0734. The third-order valence-electron chi connectivity index (χ3n) is 3.62. The Hall–Kier alpha value is -0.810. The molecule has 0 N–H and O–H groups in total. The Balaban J connectivity index is 1.58. The van der Waals surface area contributed by atoms with Gasteiger partial charge >= 0.3 is 0 Å². The van der Waals surface area contributed by atoms with Gasteiger partial charge < -0.3 is 14.2 Å². The predicted molar refractivity (Wildman–Crippen MR) is 89.0 cm³/mol. The van der Waals surface area contributed by atoms with Crippen molar-refractivity contribution >= 4 is 11.6 Å². The van der Waals surface area contributed by atoms with E-state index in [1.54, 1.807) is 0 Å². The summed E-state index contributed by atoms with van der Waals surface area (Å²) in [6.07, 6.45) is 0.603. The molecule has 5 heteroatoms. The van der Waals surface area contributed by atoms with Crippen molar-refractivity contribution in [2.24, 2.45) is 0 Å². The molecule has 1 aromatic rings. The van der Waals surface area contributed by atoms with Gasteiger partial charge in [-0.3, -0.25) is 4.90 Å². The van der Waals surface area contributed by atoms with Crippen LogP contribution in [0.15, 0.2) is 18.2 Å². The van der Waals surface area contributed by atoms with E-state index in [2.05, 4.69) is 18.7 Å². The van der Waals surface area contributed by atoms with Gasteiger partial charge in [0.1, 0.15) is 12.4 Å². The van der Waals surface area contributed by atoms with Crippen LogP contribution >= 0.6 is 11.6 Å². The molecule has 1 saturated heterocycles. The van der Waals surface area contributed by atoms with E-state index in [1.807, 2.05) is 25.1 Å². The largest absolute Gasteiger partial charge is 0.490 e. The minimum absolute atomic E-state index is 0.301. The highest BCUT2D eigenvalue weighted by Crippen LogP contribution is 2.25. The summed E-state index contributed by atoms with van der Waals surface area (Å²) >= 11 is 6.08. The third-order valence-corrected chi connectivity index (χ3v) is 3.93. The number of ether oxygens (including phenoxy) is 3. The van der Waals surface area contributed by atoms with E-state index in [0.29, 0.717) is 37.1 Å². The minimum Gasteiger partial charge on any atom is -0.490 e. The van der Waals surface area contributed by atoms with Crippen molar-refractivity contribution in [2.75, 3.05) is 39.5 Å². The van der Waals surface area contributed by atoms with Crippen molar-refractivity contribution in [1.29, 1.82) is 0 Å². The number of morpholine rings is 1. The third kappa shape index (κ3) is 5.76. The monoisotopic (exact) mass is 327 g/mol. The number of rotatable bonds is 7. The van der Waals surface area contributed by atoms with Crippen LogP contribution in [0.3, 0.4) is 0 Å². The molecule has 0 amide bonds. The molecule has 1 aliphatic rings. The Morgan fingerprint density at radius 2 is 1.91 bits per heavy atom. The molecule has 0 saturated carbocycles. The maximum atomic E-state index is 6.08. The van der Waals surface area contributed by atoms with E-state index in [-0.39, 0.29) is 0 Å². The van der Waals surface area contributed by atoms with Crippen LogP contribution in [0.4, 0.5) is 0 Å². The lowest BCUT2D eigenvalue weighted by atomic mass is 10.2. The molecular weight excluding hydrogens is 302 g/mol. The number of nitrogens with zero attached hydrogens (tertiary/aromatic N) is 1. The lowest BCUT2D eigenvalue weighted by Crippen LogP contribution is -2.46. The second-order valence-electron chi connectivity index (χ2n) is 5.91. The summed E-state index contributed by atoms with van der Waals surface area (Å²) in [6, 6.07) is 5.77. The van der Waals surface area contributed by atoms with Crippen molar-refractivity contribution in [1.82, 2.24) is 4.90 Å². The van der Waals surface area contributed by atoms with E-state index in [1.165, 1.54) is 0 Å². The number of aryl methyl sites for hydroxylation is 1. The van der Waals surface area contributed by atoms with Crippen LogP contribution < -0.4 is 4.74 Å². The summed E-state index contributed by atoms with van der Waals surface area (Å²) in [7, 11) is 0. The predicted octanol–water partition coefficient (Wildman–Crippen LogP) is 3.15. The summed E-state index contributed by atoms with van der Waals surface area (Å²) in [5.74, 6) is 0.723. The molecular formula is C17H26ClNO3. The second kappa shape index (κ2) is 8.73. The highest BCUT2D eigenvalue weighted by atomic mass is 35.5. The molecule has 0 radical (unpaired) electrons. The van der Waals surface area contributed by atoms with Crippen LogP contribution in [-0.4, -0.2) is 56.6 Å². The fourth-order valence-electron chi connectivity index (χ4n) is 2.69. The average molecular weight is 328 g/mol. The summed E-state index contributed by atoms with van der Waals surface area (Å²) in [4.78, 5) is 2.39. The molecule has 2 unspecified atom stereocenters. The van der Waals surface area contributed by atoms with Crippen molar-refractivity contribution in [3.63, 3.8) is 0 Å². The molecule has 1 aromatic carbocycles. The molecule has 2 atom stereocenters. The molecule has 0 bridgehead atoms. The van der Waals surface area contributed by atoms with Crippen LogP contribution in [0, 0.1) is 6.92 Å². The first-order valence-electron chi connectivity index (χ1n) is 7.89. The summed E-state index contributed by atoms with van der Waals surface area (Å²) in [5, 5.41) is 0.641. The molecule has 4 nitrogen and oxygen atoms in total. The molecule has 1 aliphatic heterocycles. The van der Waals surface area contributed by atoms with Crippen LogP contribution in [-0.2, 0) is 9.47 Å². The maximum Gasteiger partial charge on any atom is 0.138 e. The van der Waals surface area contributed by atoms with Gasteiger partial charge in [-0.05, 0) is 38.5 Å². The van der Waals surface area contributed by atoms with Gasteiger partial charge in [-0.15, -0.1) is 0 Å². The molecule has 22 heavy (non-hydrogen) atoms. The zero-order chi connectivity index (χ0) is 15.9. The van der Waals surface area contributed by atoms with Gasteiger partial charge in [-0.1, -0.05) is 17.7 Å². The molecule has 124 valence electrons. The van der Waals surface area contributed by atoms with E-state index in [9.17, 15) is 0 Å². The normalized spacial score (nSPS) is 22.7. The van der Waals surface area contributed by atoms with Crippen molar-refractivity contribution in [2.45, 2.75) is 33.0 Å².